The highest BCUT2D eigenvalue weighted by atomic mass is 35.5. The smallest absolute Gasteiger partial charge is 0.417 e. The van der Waals surface area contributed by atoms with Crippen molar-refractivity contribution in [1.82, 2.24) is 9.97 Å². The van der Waals surface area contributed by atoms with Gasteiger partial charge in [-0.1, -0.05) is 59.2 Å². The largest absolute Gasteiger partial charge is 0.473 e. The van der Waals surface area contributed by atoms with Gasteiger partial charge >= 0.3 is 6.18 Å². The van der Waals surface area contributed by atoms with Crippen LogP contribution in [0.25, 0.3) is 11.3 Å². The summed E-state index contributed by atoms with van der Waals surface area (Å²) in [5.74, 6) is 0.932. The number of aromatic nitrogens is 2. The van der Waals surface area contributed by atoms with Gasteiger partial charge in [0.2, 0.25) is 5.88 Å². The first-order chi connectivity index (χ1) is 13.5. The van der Waals surface area contributed by atoms with E-state index in [-0.39, 0.29) is 34.2 Å². The van der Waals surface area contributed by atoms with Crippen LogP contribution in [0.1, 0.15) is 58.5 Å². The number of hydrogen-bond donors (Lipinski definition) is 0. The summed E-state index contributed by atoms with van der Waals surface area (Å²) in [6.45, 7) is 12.0. The van der Waals surface area contributed by atoms with Crippen molar-refractivity contribution in [3.8, 4) is 17.1 Å². The Kier molecular flexibility index (Phi) is 7.55. The number of hydrogen-bond acceptors (Lipinski definition) is 3. The molecule has 160 valence electrons. The average Bonchev–Trinajstić information content (AvgIpc) is 2.64. The van der Waals surface area contributed by atoms with Crippen molar-refractivity contribution in [3.63, 3.8) is 0 Å². The number of rotatable bonds is 7. The molecule has 1 heterocycles. The number of benzene rings is 1. The van der Waals surface area contributed by atoms with E-state index in [1.807, 2.05) is 13.8 Å². The lowest BCUT2D eigenvalue weighted by molar-refractivity contribution is -0.137. The molecule has 0 amide bonds. The molecule has 0 aliphatic carbocycles. The summed E-state index contributed by atoms with van der Waals surface area (Å²) in [7, 11) is 0. The lowest BCUT2D eigenvalue weighted by atomic mass is 9.96. The van der Waals surface area contributed by atoms with Gasteiger partial charge in [-0.15, -0.1) is 0 Å². The SMILES string of the molecule is CCc1nc(-c2ccc(Cl)cc2C(F)(F)F)c(CC)nc1OC(C(C)C)C(C)C. The van der Waals surface area contributed by atoms with Gasteiger partial charge < -0.3 is 4.74 Å². The zero-order valence-electron chi connectivity index (χ0n) is 17.7. The van der Waals surface area contributed by atoms with Crippen LogP contribution in [0.3, 0.4) is 0 Å². The number of halogens is 4. The van der Waals surface area contributed by atoms with Gasteiger partial charge in [-0.2, -0.15) is 13.2 Å². The third-order valence-corrected chi connectivity index (χ3v) is 5.01. The topological polar surface area (TPSA) is 35.0 Å². The van der Waals surface area contributed by atoms with Gasteiger partial charge in [0.05, 0.1) is 17.0 Å². The van der Waals surface area contributed by atoms with Crippen LogP contribution in [-0.2, 0) is 19.0 Å². The summed E-state index contributed by atoms with van der Waals surface area (Å²) >= 11 is 5.83. The first-order valence-electron chi connectivity index (χ1n) is 9.93. The minimum atomic E-state index is -4.55. The summed E-state index contributed by atoms with van der Waals surface area (Å²) in [5, 5.41) is 0.0273. The molecule has 0 aliphatic heterocycles. The number of aryl methyl sites for hydroxylation is 2. The molecule has 0 N–H and O–H groups in total. The average molecular weight is 429 g/mol. The highest BCUT2D eigenvalue weighted by molar-refractivity contribution is 6.30. The van der Waals surface area contributed by atoms with E-state index >= 15 is 0 Å². The van der Waals surface area contributed by atoms with Crippen molar-refractivity contribution in [1.29, 1.82) is 0 Å². The number of alkyl halides is 3. The molecule has 0 aliphatic rings. The molecular weight excluding hydrogens is 401 g/mol. The standard InChI is InChI=1S/C22H28ClF3N2O/c1-7-17-19(15-10-9-14(23)11-16(15)22(24,25)26)27-18(8-2)21(28-17)29-20(12(3)4)13(5)6/h9-13,20H,7-8H2,1-6H3. The molecule has 1 aromatic heterocycles. The van der Waals surface area contributed by atoms with Gasteiger partial charge in [0, 0.05) is 10.6 Å². The van der Waals surface area contributed by atoms with E-state index in [2.05, 4.69) is 37.7 Å². The summed E-state index contributed by atoms with van der Waals surface area (Å²) in [5.41, 5.74) is 0.415. The second-order valence-corrected chi connectivity index (χ2v) is 8.17. The van der Waals surface area contributed by atoms with Crippen molar-refractivity contribution in [3.05, 3.63) is 40.2 Å². The Labute approximate surface area is 175 Å². The van der Waals surface area contributed by atoms with Crippen LogP contribution in [0, 0.1) is 11.8 Å². The molecule has 2 rings (SSSR count). The van der Waals surface area contributed by atoms with Crippen molar-refractivity contribution >= 4 is 11.6 Å². The van der Waals surface area contributed by atoms with Gasteiger partial charge in [-0.05, 0) is 36.8 Å². The van der Waals surface area contributed by atoms with Crippen LogP contribution in [0.2, 0.25) is 5.02 Å². The molecular formula is C22H28ClF3N2O. The van der Waals surface area contributed by atoms with Crippen LogP contribution in [0.4, 0.5) is 13.2 Å². The molecule has 2 aromatic rings. The van der Waals surface area contributed by atoms with E-state index in [0.717, 1.165) is 6.07 Å². The molecule has 0 radical (unpaired) electrons. The molecule has 3 nitrogen and oxygen atoms in total. The Balaban J connectivity index is 2.65. The van der Waals surface area contributed by atoms with Crippen LogP contribution in [0.15, 0.2) is 18.2 Å². The predicted molar refractivity (Wildman–Crippen MR) is 110 cm³/mol. The van der Waals surface area contributed by atoms with E-state index < -0.39 is 11.7 Å². The summed E-state index contributed by atoms with van der Waals surface area (Å²) < 4.78 is 47.1. The second-order valence-electron chi connectivity index (χ2n) is 7.74. The molecule has 0 atom stereocenters. The lowest BCUT2D eigenvalue weighted by Crippen LogP contribution is -2.30. The monoisotopic (exact) mass is 428 g/mol. The molecule has 0 fully saturated rings. The Morgan fingerprint density at radius 1 is 0.966 bits per heavy atom. The van der Waals surface area contributed by atoms with Crippen molar-refractivity contribution in [2.45, 2.75) is 66.7 Å². The van der Waals surface area contributed by atoms with E-state index in [1.165, 1.54) is 12.1 Å². The lowest BCUT2D eigenvalue weighted by Gasteiger charge is -2.27. The molecule has 0 saturated carbocycles. The molecule has 0 bridgehead atoms. The molecule has 0 saturated heterocycles. The Morgan fingerprint density at radius 3 is 2.03 bits per heavy atom. The Bertz CT molecular complexity index is 843. The number of nitrogens with zero attached hydrogens (tertiary/aromatic N) is 2. The fourth-order valence-corrected chi connectivity index (χ4v) is 3.57. The van der Waals surface area contributed by atoms with Crippen LogP contribution < -0.4 is 4.74 Å². The van der Waals surface area contributed by atoms with Gasteiger partial charge in [-0.3, -0.25) is 0 Å². The molecule has 1 aromatic carbocycles. The van der Waals surface area contributed by atoms with Crippen LogP contribution in [0.5, 0.6) is 5.88 Å². The van der Waals surface area contributed by atoms with Crippen LogP contribution >= 0.6 is 11.6 Å². The van der Waals surface area contributed by atoms with Crippen molar-refractivity contribution in [2.75, 3.05) is 0 Å². The highest BCUT2D eigenvalue weighted by Gasteiger charge is 2.35. The molecule has 0 unspecified atom stereocenters. The maximum atomic E-state index is 13.6. The van der Waals surface area contributed by atoms with Crippen LogP contribution in [-0.4, -0.2) is 16.1 Å². The third-order valence-electron chi connectivity index (χ3n) is 4.78. The van der Waals surface area contributed by atoms with E-state index in [9.17, 15) is 13.2 Å². The van der Waals surface area contributed by atoms with Gasteiger partial charge in [0.1, 0.15) is 11.8 Å². The second kappa shape index (κ2) is 9.33. The predicted octanol–water partition coefficient (Wildman–Crippen LogP) is 7.00. The van der Waals surface area contributed by atoms with Crippen molar-refractivity contribution in [2.24, 2.45) is 11.8 Å². The van der Waals surface area contributed by atoms with Gasteiger partial charge in [0.25, 0.3) is 0 Å². The summed E-state index contributed by atoms with van der Waals surface area (Å²) in [6.07, 6.45) is -3.69. The normalized spacial score (nSPS) is 12.3. The zero-order valence-corrected chi connectivity index (χ0v) is 18.4. The highest BCUT2D eigenvalue weighted by Crippen LogP contribution is 2.39. The maximum absolute atomic E-state index is 13.6. The first-order valence-corrected chi connectivity index (χ1v) is 10.3. The molecule has 0 spiro atoms. The Morgan fingerprint density at radius 2 is 1.55 bits per heavy atom. The quantitative estimate of drug-likeness (QED) is 0.476. The third kappa shape index (κ3) is 5.41. The number of ether oxygens (including phenoxy) is 1. The summed E-state index contributed by atoms with van der Waals surface area (Å²) in [6, 6.07) is 3.73. The Hall–Kier alpha value is -1.82. The van der Waals surface area contributed by atoms with Gasteiger partial charge in [-0.25, -0.2) is 9.97 Å². The summed E-state index contributed by atoms with van der Waals surface area (Å²) in [4.78, 5) is 9.18. The minimum Gasteiger partial charge on any atom is -0.473 e. The fraction of sp³-hybridized carbons (Fsp3) is 0.545. The van der Waals surface area contributed by atoms with Crippen molar-refractivity contribution < 1.29 is 17.9 Å². The van der Waals surface area contributed by atoms with E-state index in [1.54, 1.807) is 0 Å². The maximum Gasteiger partial charge on any atom is 0.417 e. The minimum absolute atomic E-state index is 0.0169. The van der Waals surface area contributed by atoms with E-state index in [4.69, 9.17) is 16.3 Å². The first kappa shape index (κ1) is 23.5. The van der Waals surface area contributed by atoms with Gasteiger partial charge in [0.15, 0.2) is 0 Å². The molecule has 29 heavy (non-hydrogen) atoms. The van der Waals surface area contributed by atoms with E-state index in [0.29, 0.717) is 30.1 Å². The zero-order chi connectivity index (χ0) is 21.9. The molecule has 7 heteroatoms. The fourth-order valence-electron chi connectivity index (χ4n) is 3.40.